The van der Waals surface area contributed by atoms with Gasteiger partial charge in [0, 0.05) is 0 Å². The van der Waals surface area contributed by atoms with Gasteiger partial charge in [-0.25, -0.2) is 0 Å². The Kier molecular flexibility index (Phi) is 6.99. The van der Waals surface area contributed by atoms with Crippen LogP contribution in [0.1, 0.15) is 5.56 Å². The predicted octanol–water partition coefficient (Wildman–Crippen LogP) is 5.39. The van der Waals surface area contributed by atoms with E-state index in [1.807, 2.05) is 0 Å². The van der Waals surface area contributed by atoms with Crippen molar-refractivity contribution in [3.8, 4) is 0 Å². The van der Waals surface area contributed by atoms with Gasteiger partial charge < -0.3 is 0 Å². The third-order valence-electron chi connectivity index (χ3n) is 4.05. The third kappa shape index (κ3) is 5.82. The molecule has 9 nitrogen and oxygen atoms in total. The van der Waals surface area contributed by atoms with Gasteiger partial charge >= 0.3 is 192 Å². The van der Waals surface area contributed by atoms with Crippen molar-refractivity contribution in [3.63, 3.8) is 0 Å². The van der Waals surface area contributed by atoms with Gasteiger partial charge in [-0.3, -0.25) is 0 Å². The fourth-order valence-electron chi connectivity index (χ4n) is 2.52. The number of alkyl halides is 3. The fraction of sp³-hybridized carbons (Fsp3) is 0.0526. The summed E-state index contributed by atoms with van der Waals surface area (Å²) < 4.78 is 69.8. The minimum absolute atomic E-state index is 0.143. The molecule has 174 valence electrons. The van der Waals surface area contributed by atoms with Crippen molar-refractivity contribution >= 4 is 41.7 Å². The molecule has 3 rings (SSSR count). The summed E-state index contributed by atoms with van der Waals surface area (Å²) in [6.07, 6.45) is -4.67. The molecule has 0 aromatic heterocycles. The first-order valence-corrected chi connectivity index (χ1v) is 13.1. The van der Waals surface area contributed by atoms with Crippen molar-refractivity contribution in [2.75, 3.05) is 0 Å². The first kappa shape index (κ1) is 24.5. The van der Waals surface area contributed by atoms with Crippen molar-refractivity contribution in [2.45, 2.75) is 11.1 Å². The second-order valence-electron chi connectivity index (χ2n) is 6.26. The summed E-state index contributed by atoms with van der Waals surface area (Å²) in [6, 6.07) is 12.6. The summed E-state index contributed by atoms with van der Waals surface area (Å²) in [5.41, 5.74) is -1.76. The molecule has 0 aliphatic rings. The predicted molar refractivity (Wildman–Crippen MR) is 117 cm³/mol. The van der Waals surface area contributed by atoms with Crippen molar-refractivity contribution in [1.29, 1.82) is 0 Å². The Bertz CT molecular complexity index is 1260. The number of hydrogen-bond donors (Lipinski definition) is 0. The molecule has 14 heteroatoms. The van der Waals surface area contributed by atoms with E-state index < -0.39 is 56.8 Å². The van der Waals surface area contributed by atoms with Crippen LogP contribution in [0, 0.1) is 27.4 Å². The molecule has 0 atom stereocenters. The Morgan fingerprint density at radius 1 is 0.788 bits per heavy atom. The number of nitro benzene ring substituents is 2. The molecule has 0 N–H and O–H groups in total. The number of nitrogens with zero attached hydrogens (tertiary/aromatic N) is 2. The summed E-state index contributed by atoms with van der Waals surface area (Å²) in [7, 11) is -4.62. The van der Waals surface area contributed by atoms with Crippen LogP contribution in [0.15, 0.2) is 77.7 Å². The molecule has 0 radical (unpaired) electrons. The van der Waals surface area contributed by atoms with Crippen LogP contribution in [0.4, 0.5) is 24.5 Å². The average molecular weight is 596 g/mol. The van der Waals surface area contributed by atoms with Crippen LogP contribution < -0.4 is 0 Å². The molecule has 33 heavy (non-hydrogen) atoms. The van der Waals surface area contributed by atoms with E-state index in [-0.39, 0.29) is 18.5 Å². The molecule has 0 spiro atoms. The van der Waals surface area contributed by atoms with Crippen LogP contribution in [0.25, 0.3) is 0 Å². The summed E-state index contributed by atoms with van der Waals surface area (Å²) in [6.45, 7) is 0. The molecule has 0 saturated heterocycles. The van der Waals surface area contributed by atoms with Crippen molar-refractivity contribution < 1.29 is 33.9 Å². The normalized spacial score (nSPS) is 12.3. The van der Waals surface area contributed by atoms with Gasteiger partial charge in [0.2, 0.25) is 0 Å². The van der Waals surface area contributed by atoms with Gasteiger partial charge in [0.05, 0.1) is 0 Å². The Labute approximate surface area is 192 Å². The van der Waals surface area contributed by atoms with E-state index in [0.717, 1.165) is 24.3 Å². The Balaban J connectivity index is 2.08. The van der Waals surface area contributed by atoms with E-state index in [1.165, 1.54) is 36.4 Å². The maximum absolute atomic E-state index is 12.9. The summed E-state index contributed by atoms with van der Waals surface area (Å²) >= 11 is -3.58. The number of rotatable bonds is 7. The molecule has 0 aliphatic heterocycles. The monoisotopic (exact) mass is 596 g/mol. The van der Waals surface area contributed by atoms with Gasteiger partial charge in [-0.1, -0.05) is 0 Å². The molecule has 0 bridgehead atoms. The van der Waals surface area contributed by atoms with E-state index in [9.17, 15) is 41.8 Å². The van der Waals surface area contributed by atoms with E-state index in [4.69, 9.17) is 2.51 Å². The molecule has 0 unspecified atom stereocenters. The van der Waals surface area contributed by atoms with Gasteiger partial charge in [0.25, 0.3) is 0 Å². The quantitative estimate of drug-likeness (QED) is 0.203. The van der Waals surface area contributed by atoms with E-state index in [1.54, 1.807) is 0 Å². The number of hydrogen-bond acceptors (Lipinski definition) is 7. The Morgan fingerprint density at radius 3 is 1.64 bits per heavy atom. The van der Waals surface area contributed by atoms with E-state index in [2.05, 4.69) is 0 Å². The van der Waals surface area contributed by atoms with Crippen molar-refractivity contribution in [3.05, 3.63) is 106 Å². The first-order chi connectivity index (χ1) is 15.4. The third-order valence-corrected chi connectivity index (χ3v) is 11.3. The van der Waals surface area contributed by atoms with Crippen LogP contribution in [0.5, 0.6) is 0 Å². The van der Waals surface area contributed by atoms with Crippen LogP contribution in [-0.2, 0) is 18.8 Å². The standard InChI is InChI=1S/C19H12F3IN2O7S/c20-19(21,22)13-7-9-18(10-8-13)33(30,31)32-23(14-3-1-5-16(11-14)24(26)27)15-4-2-6-17(12-15)25(28)29/h1-12H. The molecule has 0 fully saturated rings. The van der Waals surface area contributed by atoms with Gasteiger partial charge in [0.15, 0.2) is 0 Å². The number of halogens is 4. The molecule has 0 amide bonds. The van der Waals surface area contributed by atoms with Crippen LogP contribution in [0.3, 0.4) is 0 Å². The number of nitro groups is 2. The van der Waals surface area contributed by atoms with Gasteiger partial charge in [-0.15, -0.1) is 0 Å². The zero-order valence-corrected chi connectivity index (χ0v) is 19.1. The van der Waals surface area contributed by atoms with Crippen molar-refractivity contribution in [2.24, 2.45) is 0 Å². The summed E-state index contributed by atoms with van der Waals surface area (Å²) in [5, 5.41) is 22.3. The Hall–Kier alpha value is -3.11. The maximum atomic E-state index is 12.9. The van der Waals surface area contributed by atoms with Gasteiger partial charge in [-0.2, -0.15) is 0 Å². The minimum atomic E-state index is -4.67. The first-order valence-electron chi connectivity index (χ1n) is 8.69. The average Bonchev–Trinajstić information content (AvgIpc) is 2.77. The summed E-state index contributed by atoms with van der Waals surface area (Å²) in [4.78, 5) is 20.4. The topological polar surface area (TPSA) is 130 Å². The Morgan fingerprint density at radius 2 is 1.24 bits per heavy atom. The van der Waals surface area contributed by atoms with Crippen LogP contribution >= 0.6 is 20.2 Å². The summed E-state index contributed by atoms with van der Waals surface area (Å²) in [5.74, 6) is 0. The number of non-ortho nitro benzene ring substituents is 2. The second-order valence-corrected chi connectivity index (χ2v) is 12.8. The molecular weight excluding hydrogens is 584 g/mol. The molecule has 3 aromatic rings. The van der Waals surface area contributed by atoms with Crippen LogP contribution in [0.2, 0.25) is 0 Å². The molecule has 0 aliphatic carbocycles. The van der Waals surface area contributed by atoms with Gasteiger partial charge in [0.1, 0.15) is 0 Å². The SMILES string of the molecule is O=[N+]([O-])c1cccc(I(OS(=O)(=O)c2ccc(C(F)(F)F)cc2)c2cccc([N+](=O)[O-])c2)c1. The van der Waals surface area contributed by atoms with E-state index in [0.29, 0.717) is 12.1 Å². The zero-order chi connectivity index (χ0) is 24.4. The van der Waals surface area contributed by atoms with Crippen LogP contribution in [-0.4, -0.2) is 18.3 Å². The molecule has 0 saturated carbocycles. The molecular formula is C19H12F3IN2O7S. The molecule has 0 heterocycles. The van der Waals surface area contributed by atoms with Gasteiger partial charge in [-0.05, 0) is 0 Å². The molecule has 3 aromatic carbocycles. The fourth-order valence-corrected chi connectivity index (χ4v) is 9.65. The number of benzene rings is 3. The van der Waals surface area contributed by atoms with Crippen molar-refractivity contribution in [1.82, 2.24) is 0 Å². The van der Waals surface area contributed by atoms with E-state index >= 15 is 0 Å². The second kappa shape index (κ2) is 9.40. The zero-order valence-electron chi connectivity index (χ0n) is 16.1.